The number of carbonyl (C=O) groups is 1. The number of carbonyl (C=O) groups excluding carboxylic acids is 1. The van der Waals surface area contributed by atoms with E-state index in [9.17, 15) is 22.0 Å². The molecule has 2 aromatic rings. The van der Waals surface area contributed by atoms with Crippen molar-refractivity contribution in [2.45, 2.75) is 10.0 Å². The van der Waals surface area contributed by atoms with E-state index in [2.05, 4.69) is 0 Å². The Hall–Kier alpha value is -2.75. The fraction of sp³-hybridized carbons (Fsp3) is 0.118. The highest BCUT2D eigenvalue weighted by atomic mass is 32.2. The van der Waals surface area contributed by atoms with Gasteiger partial charge in [0, 0.05) is 11.6 Å². The first-order valence-corrected chi connectivity index (χ1v) is 9.99. The zero-order valence-electron chi connectivity index (χ0n) is 15.9. The SMILES string of the molecule is BC1(c2ccc(F)cc2F)OC(N)=C(OS(=O)(=O)C(B)(B)c2ccccc2)C1=O. The molecule has 1 aliphatic heterocycles. The quantitative estimate of drug-likeness (QED) is 0.491. The minimum atomic E-state index is -4.40. The standard InChI is InChI=1S/C17H16B3F2NO5S/c18-16(11-7-6-10(21)8-12(11)22)14(24)13(15(23)27-16)28-29(25,26)17(19,20)9-4-2-1-3-5-9/h1-8H,18-20,23H2. The van der Waals surface area contributed by atoms with Crippen molar-refractivity contribution in [3.8, 4) is 0 Å². The largest absolute Gasteiger partial charge is 0.467 e. The number of Topliss-reactive ketones (excluding diaryl/α,β-unsaturated/α-hetero) is 1. The summed E-state index contributed by atoms with van der Waals surface area (Å²) in [6, 6.07) is 10.8. The van der Waals surface area contributed by atoms with E-state index in [4.69, 9.17) is 14.7 Å². The summed E-state index contributed by atoms with van der Waals surface area (Å²) in [6.07, 6.45) is 0. The minimum absolute atomic E-state index is 0.301. The molecule has 6 nitrogen and oxygen atoms in total. The Bertz CT molecular complexity index is 1130. The first-order chi connectivity index (χ1) is 13.4. The van der Waals surface area contributed by atoms with E-state index in [1.807, 2.05) is 0 Å². The monoisotopic (exact) mass is 417 g/mol. The van der Waals surface area contributed by atoms with Gasteiger partial charge in [0.1, 0.15) is 27.3 Å². The maximum atomic E-state index is 14.2. The van der Waals surface area contributed by atoms with Crippen LogP contribution in [-0.2, 0) is 33.9 Å². The number of hydrogen-bond donors (Lipinski definition) is 1. The predicted octanol–water partition coefficient (Wildman–Crippen LogP) is -1.10. The lowest BCUT2D eigenvalue weighted by Crippen LogP contribution is -2.40. The Morgan fingerprint density at radius 3 is 2.31 bits per heavy atom. The van der Waals surface area contributed by atoms with Gasteiger partial charge in [-0.25, -0.2) is 8.78 Å². The number of rotatable bonds is 5. The first kappa shape index (κ1) is 21.0. The molecule has 1 aliphatic rings. The lowest BCUT2D eigenvalue weighted by Gasteiger charge is -2.26. The average Bonchev–Trinajstić information content (AvgIpc) is 2.85. The van der Waals surface area contributed by atoms with Crippen molar-refractivity contribution in [3.63, 3.8) is 0 Å². The smallest absolute Gasteiger partial charge is 0.304 e. The molecule has 1 unspecified atom stereocenters. The molecule has 2 N–H and O–H groups in total. The van der Waals surface area contributed by atoms with E-state index in [1.54, 1.807) is 30.3 Å². The maximum Gasteiger partial charge on any atom is 0.304 e. The Balaban J connectivity index is 1.96. The van der Waals surface area contributed by atoms with Gasteiger partial charge < -0.3 is 14.7 Å². The topological polar surface area (TPSA) is 95.7 Å². The normalized spacial score (nSPS) is 19.9. The summed E-state index contributed by atoms with van der Waals surface area (Å²) in [4.78, 5) is 12.9. The molecule has 0 fully saturated rings. The molecule has 0 saturated carbocycles. The van der Waals surface area contributed by atoms with Crippen LogP contribution in [0.1, 0.15) is 11.1 Å². The molecule has 1 atom stereocenters. The third kappa shape index (κ3) is 3.41. The summed E-state index contributed by atoms with van der Waals surface area (Å²) < 4.78 is 62.1. The molecule has 29 heavy (non-hydrogen) atoms. The molecule has 3 rings (SSSR count). The van der Waals surface area contributed by atoms with Crippen molar-refractivity contribution in [1.29, 1.82) is 0 Å². The second kappa shape index (κ2) is 6.94. The van der Waals surface area contributed by atoms with Crippen LogP contribution in [0.3, 0.4) is 0 Å². The number of nitrogens with two attached hydrogens (primary N) is 1. The Kier molecular flexibility index (Phi) is 5.02. The Morgan fingerprint density at radius 1 is 1.10 bits per heavy atom. The summed E-state index contributed by atoms with van der Waals surface area (Å²) >= 11 is 0. The lowest BCUT2D eigenvalue weighted by atomic mass is 9.65. The van der Waals surface area contributed by atoms with Crippen LogP contribution >= 0.6 is 0 Å². The summed E-state index contributed by atoms with van der Waals surface area (Å²) in [5.74, 6) is -4.23. The third-order valence-electron chi connectivity index (χ3n) is 4.91. The van der Waals surface area contributed by atoms with Crippen LogP contribution in [0.5, 0.6) is 0 Å². The van der Waals surface area contributed by atoms with Crippen molar-refractivity contribution >= 4 is 39.4 Å². The van der Waals surface area contributed by atoms with Crippen LogP contribution in [0.2, 0.25) is 0 Å². The van der Waals surface area contributed by atoms with Crippen LogP contribution in [0, 0.1) is 11.6 Å². The Morgan fingerprint density at radius 2 is 1.72 bits per heavy atom. The number of hydrogen-bond acceptors (Lipinski definition) is 6. The molecule has 1 heterocycles. The highest BCUT2D eigenvalue weighted by molar-refractivity contribution is 7.90. The third-order valence-corrected chi connectivity index (χ3v) is 6.78. The molecular formula is C17H16B3F2NO5S. The van der Waals surface area contributed by atoms with Gasteiger partial charge in [-0.3, -0.25) is 4.79 Å². The van der Waals surface area contributed by atoms with Gasteiger partial charge in [0.2, 0.25) is 17.4 Å². The van der Waals surface area contributed by atoms with Gasteiger partial charge >= 0.3 is 10.1 Å². The van der Waals surface area contributed by atoms with Gasteiger partial charge in [0.25, 0.3) is 0 Å². The minimum Gasteiger partial charge on any atom is -0.467 e. The van der Waals surface area contributed by atoms with E-state index in [0.717, 1.165) is 12.1 Å². The van der Waals surface area contributed by atoms with Gasteiger partial charge in [0.05, 0.1) is 4.55 Å². The second-order valence-corrected chi connectivity index (χ2v) is 9.29. The number of halogens is 2. The van der Waals surface area contributed by atoms with Gasteiger partial charge in [0.15, 0.2) is 13.3 Å². The molecule has 0 bridgehead atoms. The predicted molar refractivity (Wildman–Crippen MR) is 109 cm³/mol. The van der Waals surface area contributed by atoms with E-state index in [1.165, 1.54) is 23.5 Å². The molecule has 0 aliphatic carbocycles. The van der Waals surface area contributed by atoms with Crippen LogP contribution in [-0.4, -0.2) is 37.7 Å². The molecule has 0 spiro atoms. The molecule has 2 aromatic carbocycles. The van der Waals surface area contributed by atoms with Crippen LogP contribution in [0.15, 0.2) is 60.2 Å². The summed E-state index contributed by atoms with van der Waals surface area (Å²) in [7, 11) is -0.385. The number of benzene rings is 2. The van der Waals surface area contributed by atoms with E-state index >= 15 is 0 Å². The van der Waals surface area contributed by atoms with Gasteiger partial charge in [-0.05, 0) is 17.7 Å². The van der Waals surface area contributed by atoms with Crippen molar-refractivity contribution in [2.75, 3.05) is 0 Å². The highest BCUT2D eigenvalue weighted by Gasteiger charge is 2.51. The van der Waals surface area contributed by atoms with Gasteiger partial charge in [-0.2, -0.15) is 8.42 Å². The molecule has 0 saturated heterocycles. The number of ether oxygens (including phenoxy) is 1. The van der Waals surface area contributed by atoms with Gasteiger partial charge in [-0.1, -0.05) is 30.3 Å². The van der Waals surface area contributed by atoms with Crippen molar-refractivity contribution < 1.29 is 30.9 Å². The second-order valence-electron chi connectivity index (χ2n) is 7.20. The fourth-order valence-corrected chi connectivity index (χ4v) is 3.98. The van der Waals surface area contributed by atoms with E-state index in [0.29, 0.717) is 11.6 Å². The zero-order valence-corrected chi connectivity index (χ0v) is 16.7. The highest BCUT2D eigenvalue weighted by Crippen LogP contribution is 2.38. The number of ketones is 1. The van der Waals surface area contributed by atoms with Crippen LogP contribution < -0.4 is 5.73 Å². The molecule has 0 radical (unpaired) electrons. The molecule has 148 valence electrons. The van der Waals surface area contributed by atoms with Gasteiger partial charge in [-0.15, -0.1) is 0 Å². The van der Waals surface area contributed by atoms with Crippen molar-refractivity contribution in [1.82, 2.24) is 0 Å². The molecule has 0 aromatic heterocycles. The van der Waals surface area contributed by atoms with Crippen LogP contribution in [0.25, 0.3) is 0 Å². The fourth-order valence-electron chi connectivity index (χ4n) is 2.97. The lowest BCUT2D eigenvalue weighted by molar-refractivity contribution is -0.126. The van der Waals surface area contributed by atoms with Crippen molar-refractivity contribution in [2.24, 2.45) is 5.73 Å². The zero-order chi connectivity index (χ0) is 21.6. The average molecular weight is 417 g/mol. The summed E-state index contributed by atoms with van der Waals surface area (Å²) in [5.41, 5.74) is 3.83. The van der Waals surface area contributed by atoms with Crippen LogP contribution in [0.4, 0.5) is 8.78 Å². The molecule has 12 heteroatoms. The van der Waals surface area contributed by atoms with E-state index < -0.39 is 49.2 Å². The maximum absolute atomic E-state index is 14.2. The summed E-state index contributed by atoms with van der Waals surface area (Å²) in [5, 5.41) is 0. The molecule has 0 amide bonds. The summed E-state index contributed by atoms with van der Waals surface area (Å²) in [6.45, 7) is 0. The Labute approximate surface area is 169 Å². The molecular weight excluding hydrogens is 401 g/mol. The first-order valence-electron chi connectivity index (χ1n) is 8.59. The van der Waals surface area contributed by atoms with Crippen molar-refractivity contribution in [3.05, 3.63) is 82.9 Å². The van der Waals surface area contributed by atoms with E-state index in [-0.39, 0.29) is 5.56 Å².